The maximum Gasteiger partial charge on any atom is 0.270 e. The Labute approximate surface area is 181 Å². The summed E-state index contributed by atoms with van der Waals surface area (Å²) in [5, 5.41) is 5.11. The van der Waals surface area contributed by atoms with E-state index in [0.29, 0.717) is 29.6 Å². The van der Waals surface area contributed by atoms with Crippen molar-refractivity contribution in [2.24, 2.45) is 11.1 Å². The minimum atomic E-state index is -3.97. The Morgan fingerprint density at radius 1 is 1.03 bits per heavy atom. The number of primary sulfonamides is 1. The number of aryl methyl sites for hydroxylation is 1. The van der Waals surface area contributed by atoms with Crippen LogP contribution in [0.15, 0.2) is 41.3 Å². The van der Waals surface area contributed by atoms with Gasteiger partial charge in [-0.15, -0.1) is 0 Å². The highest BCUT2D eigenvalue weighted by atomic mass is 32.2. The van der Waals surface area contributed by atoms with Crippen LogP contribution in [0, 0.1) is 12.8 Å². The van der Waals surface area contributed by atoms with E-state index >= 15 is 0 Å². The lowest BCUT2D eigenvalue weighted by Gasteiger charge is -2.14. The molecule has 31 heavy (non-hydrogen) atoms. The summed E-state index contributed by atoms with van der Waals surface area (Å²) >= 11 is 0. The molecule has 0 radical (unpaired) electrons. The van der Waals surface area contributed by atoms with Crippen LogP contribution in [0.3, 0.4) is 0 Å². The number of amides is 2. The highest BCUT2D eigenvalue weighted by Gasteiger charge is 2.17. The van der Waals surface area contributed by atoms with Gasteiger partial charge in [0.1, 0.15) is 0 Å². The van der Waals surface area contributed by atoms with Gasteiger partial charge in [0.25, 0.3) is 11.8 Å². The summed E-state index contributed by atoms with van der Waals surface area (Å²) in [6, 6.07) is 8.57. The number of carbonyl (C=O) groups excluding carboxylic acids is 2. The fraction of sp³-hybridized carbons (Fsp3) is 0.333. The molecule has 2 rings (SSSR count). The first-order valence-corrected chi connectivity index (χ1v) is 11.1. The predicted molar refractivity (Wildman–Crippen MR) is 115 cm³/mol. The molecule has 2 amide bonds. The summed E-state index contributed by atoms with van der Waals surface area (Å²) < 4.78 is 34.0. The van der Waals surface area contributed by atoms with E-state index in [1.165, 1.54) is 25.3 Å². The van der Waals surface area contributed by atoms with E-state index in [0.717, 1.165) is 12.5 Å². The third kappa shape index (κ3) is 6.69. The minimum absolute atomic E-state index is 0.0679. The number of sulfonamides is 1. The van der Waals surface area contributed by atoms with E-state index in [1.807, 2.05) is 0 Å². The Balaban J connectivity index is 2.08. The number of nitrogens with one attached hydrogen (secondary N) is 2. The molecule has 2 aromatic rings. The fourth-order valence-electron chi connectivity index (χ4n) is 2.61. The molecular formula is C21H27N3O6S. The van der Waals surface area contributed by atoms with Gasteiger partial charge in [-0.3, -0.25) is 20.4 Å². The zero-order chi connectivity index (χ0) is 23.2. The van der Waals surface area contributed by atoms with Gasteiger partial charge < -0.3 is 9.47 Å². The smallest absolute Gasteiger partial charge is 0.270 e. The molecule has 0 unspecified atom stereocenters. The highest BCUT2D eigenvalue weighted by Crippen LogP contribution is 2.28. The maximum absolute atomic E-state index is 12.4. The number of hydrazine groups is 1. The molecule has 0 aliphatic heterocycles. The lowest BCUT2D eigenvalue weighted by Crippen LogP contribution is -2.42. The van der Waals surface area contributed by atoms with Gasteiger partial charge in [0.2, 0.25) is 10.0 Å². The fourth-order valence-corrected chi connectivity index (χ4v) is 3.15. The van der Waals surface area contributed by atoms with Crippen molar-refractivity contribution in [3.05, 3.63) is 53.1 Å². The summed E-state index contributed by atoms with van der Waals surface area (Å²) in [5.74, 6) is 0.130. The van der Waals surface area contributed by atoms with Crippen molar-refractivity contribution in [3.8, 4) is 11.5 Å². The number of benzene rings is 2. The molecule has 0 saturated carbocycles. The van der Waals surface area contributed by atoms with Crippen LogP contribution >= 0.6 is 0 Å². The van der Waals surface area contributed by atoms with Crippen molar-refractivity contribution in [2.75, 3.05) is 13.7 Å². The standard InChI is InChI=1S/C21H27N3O6S/c1-13(2)9-10-30-18-8-6-15(11-19(18)29-4)20(25)23-24-21(26)17-12-16(31(22,27)28)7-5-14(17)3/h5-8,11-13H,9-10H2,1-4H3,(H,23,25)(H,24,26)(H2,22,27,28). The number of hydrogen-bond donors (Lipinski definition) is 3. The summed E-state index contributed by atoms with van der Waals surface area (Å²) in [7, 11) is -2.50. The maximum atomic E-state index is 12.4. The lowest BCUT2D eigenvalue weighted by atomic mass is 10.1. The van der Waals surface area contributed by atoms with E-state index in [2.05, 4.69) is 24.7 Å². The predicted octanol–water partition coefficient (Wildman–Crippen LogP) is 2.15. The van der Waals surface area contributed by atoms with Gasteiger partial charge in [0.05, 0.1) is 18.6 Å². The van der Waals surface area contributed by atoms with Gasteiger partial charge in [-0.2, -0.15) is 0 Å². The number of nitrogens with two attached hydrogens (primary N) is 1. The molecule has 168 valence electrons. The molecule has 0 atom stereocenters. The summed E-state index contributed by atoms with van der Waals surface area (Å²) in [6.07, 6.45) is 0.878. The molecular weight excluding hydrogens is 422 g/mol. The quantitative estimate of drug-likeness (QED) is 0.528. The monoisotopic (exact) mass is 449 g/mol. The van der Waals surface area contributed by atoms with Crippen LogP contribution in [0.25, 0.3) is 0 Å². The summed E-state index contributed by atoms with van der Waals surface area (Å²) in [5.41, 5.74) is 5.39. The van der Waals surface area contributed by atoms with Crippen LogP contribution in [0.1, 0.15) is 46.5 Å². The van der Waals surface area contributed by atoms with Crippen molar-refractivity contribution in [3.63, 3.8) is 0 Å². The molecule has 0 aromatic heterocycles. The molecule has 0 aliphatic carbocycles. The third-order valence-electron chi connectivity index (χ3n) is 4.45. The van der Waals surface area contributed by atoms with Crippen molar-refractivity contribution < 1.29 is 27.5 Å². The van der Waals surface area contributed by atoms with Crippen molar-refractivity contribution in [1.82, 2.24) is 10.9 Å². The van der Waals surface area contributed by atoms with Crippen LogP contribution in [-0.2, 0) is 10.0 Å². The Morgan fingerprint density at radius 3 is 2.32 bits per heavy atom. The number of hydrogen-bond acceptors (Lipinski definition) is 6. The van der Waals surface area contributed by atoms with Crippen LogP contribution in [0.4, 0.5) is 0 Å². The second-order valence-electron chi connectivity index (χ2n) is 7.33. The van der Waals surface area contributed by atoms with E-state index in [1.54, 1.807) is 19.1 Å². The molecule has 0 heterocycles. The molecule has 10 heteroatoms. The van der Waals surface area contributed by atoms with E-state index in [-0.39, 0.29) is 16.0 Å². The van der Waals surface area contributed by atoms with Crippen LogP contribution in [-0.4, -0.2) is 33.9 Å². The Hall–Kier alpha value is -3.11. The topological polar surface area (TPSA) is 137 Å². The lowest BCUT2D eigenvalue weighted by molar-refractivity contribution is 0.0846. The second kappa shape index (κ2) is 10.3. The Bertz CT molecular complexity index is 1070. The minimum Gasteiger partial charge on any atom is -0.493 e. The van der Waals surface area contributed by atoms with Gasteiger partial charge in [-0.1, -0.05) is 19.9 Å². The molecule has 0 bridgehead atoms. The molecule has 4 N–H and O–H groups in total. The van der Waals surface area contributed by atoms with E-state index in [9.17, 15) is 18.0 Å². The normalized spacial score (nSPS) is 11.2. The molecule has 0 aliphatic rings. The first-order valence-electron chi connectivity index (χ1n) is 9.58. The molecule has 2 aromatic carbocycles. The first kappa shape index (κ1) is 24.2. The van der Waals surface area contributed by atoms with Crippen LogP contribution in [0.2, 0.25) is 0 Å². The van der Waals surface area contributed by atoms with Gasteiger partial charge >= 0.3 is 0 Å². The number of methoxy groups -OCH3 is 1. The van der Waals surface area contributed by atoms with Crippen molar-refractivity contribution in [2.45, 2.75) is 32.1 Å². The molecule has 0 fully saturated rings. The summed E-state index contributed by atoms with van der Waals surface area (Å²) in [4.78, 5) is 24.7. The third-order valence-corrected chi connectivity index (χ3v) is 5.36. The van der Waals surface area contributed by atoms with Gasteiger partial charge in [-0.05, 0) is 55.2 Å². The average molecular weight is 450 g/mol. The van der Waals surface area contributed by atoms with E-state index < -0.39 is 21.8 Å². The van der Waals surface area contributed by atoms with Gasteiger partial charge in [0, 0.05) is 11.1 Å². The zero-order valence-electron chi connectivity index (χ0n) is 17.9. The number of ether oxygens (including phenoxy) is 2. The number of carbonyl (C=O) groups is 2. The SMILES string of the molecule is COc1cc(C(=O)NNC(=O)c2cc(S(N)(=O)=O)ccc2C)ccc1OCCC(C)C. The van der Waals surface area contributed by atoms with Crippen LogP contribution < -0.4 is 25.5 Å². The average Bonchev–Trinajstić information content (AvgIpc) is 2.71. The first-order chi connectivity index (χ1) is 14.5. The van der Waals surface area contributed by atoms with E-state index in [4.69, 9.17) is 14.6 Å². The van der Waals surface area contributed by atoms with Crippen molar-refractivity contribution in [1.29, 1.82) is 0 Å². The summed E-state index contributed by atoms with van der Waals surface area (Å²) in [6.45, 7) is 6.34. The highest BCUT2D eigenvalue weighted by molar-refractivity contribution is 7.89. The Morgan fingerprint density at radius 2 is 1.71 bits per heavy atom. The largest absolute Gasteiger partial charge is 0.493 e. The molecule has 9 nitrogen and oxygen atoms in total. The molecule has 0 saturated heterocycles. The Kier molecular flexibility index (Phi) is 8.01. The van der Waals surface area contributed by atoms with Crippen molar-refractivity contribution >= 4 is 21.8 Å². The molecule has 0 spiro atoms. The van der Waals surface area contributed by atoms with Gasteiger partial charge in [0.15, 0.2) is 11.5 Å². The second-order valence-corrected chi connectivity index (χ2v) is 8.89. The van der Waals surface area contributed by atoms with Crippen LogP contribution in [0.5, 0.6) is 11.5 Å². The number of rotatable bonds is 8. The zero-order valence-corrected chi connectivity index (χ0v) is 18.7. The van der Waals surface area contributed by atoms with Gasteiger partial charge in [-0.25, -0.2) is 13.6 Å².